The monoisotopic (exact) mass is 378 g/mol. The summed E-state index contributed by atoms with van der Waals surface area (Å²) < 4.78 is 38.7. The number of alkyl halides is 3. The predicted octanol–water partition coefficient (Wildman–Crippen LogP) is 5.56. The summed E-state index contributed by atoms with van der Waals surface area (Å²) in [4.78, 5) is 17.9. The summed E-state index contributed by atoms with van der Waals surface area (Å²) in [6, 6.07) is 10.7. The van der Waals surface area contributed by atoms with Crippen molar-refractivity contribution in [1.82, 2.24) is 4.98 Å². The standard InChI is InChI=1S/C17H9F3N2OS2/c18-17(19,20)9-5-6-11-13(7-9)25-16(22-11)21-8-14-15(23)10-3-1-2-4-12(10)24-14/h1-8H,(H,21,22). The zero-order valence-corrected chi connectivity index (χ0v) is 14.1. The number of carbonyl (C=O) groups excluding carboxylic acids is 1. The van der Waals surface area contributed by atoms with Crippen LogP contribution in [0.2, 0.25) is 0 Å². The molecule has 0 aliphatic carbocycles. The number of allylic oxidation sites excluding steroid dienone is 1. The Morgan fingerprint density at radius 3 is 2.68 bits per heavy atom. The van der Waals surface area contributed by atoms with Gasteiger partial charge in [-0.2, -0.15) is 13.2 Å². The van der Waals surface area contributed by atoms with Crippen molar-refractivity contribution < 1.29 is 18.0 Å². The summed E-state index contributed by atoms with van der Waals surface area (Å²) in [6.45, 7) is 0. The van der Waals surface area contributed by atoms with Gasteiger partial charge in [-0.1, -0.05) is 35.2 Å². The van der Waals surface area contributed by atoms with Crippen LogP contribution < -0.4 is 5.32 Å². The SMILES string of the molecule is O=C1C(=CNc2nc3ccc(C(F)(F)F)cc3s2)Sc2ccccc21. The highest BCUT2D eigenvalue weighted by atomic mass is 32.2. The van der Waals surface area contributed by atoms with Gasteiger partial charge in [-0.3, -0.25) is 4.79 Å². The van der Waals surface area contributed by atoms with Gasteiger partial charge in [0.25, 0.3) is 0 Å². The highest BCUT2D eigenvalue weighted by molar-refractivity contribution is 8.04. The van der Waals surface area contributed by atoms with E-state index in [2.05, 4.69) is 10.3 Å². The van der Waals surface area contributed by atoms with Crippen LogP contribution in [-0.4, -0.2) is 10.8 Å². The molecule has 0 radical (unpaired) electrons. The molecule has 25 heavy (non-hydrogen) atoms. The second-order valence-electron chi connectivity index (χ2n) is 5.28. The van der Waals surface area contributed by atoms with Gasteiger partial charge in [-0.15, -0.1) is 0 Å². The van der Waals surface area contributed by atoms with Crippen LogP contribution in [0.1, 0.15) is 15.9 Å². The number of fused-ring (bicyclic) bond motifs is 2. The molecule has 3 nitrogen and oxygen atoms in total. The molecule has 0 amide bonds. The number of Topliss-reactive ketones (excluding diaryl/α,β-unsaturated/α-hetero) is 1. The first kappa shape index (κ1) is 16.2. The Balaban J connectivity index is 1.59. The number of nitrogens with zero attached hydrogens (tertiary/aromatic N) is 1. The summed E-state index contributed by atoms with van der Waals surface area (Å²) in [5.41, 5.74) is 0.429. The molecule has 1 aliphatic rings. The van der Waals surface area contributed by atoms with E-state index < -0.39 is 11.7 Å². The number of thioether (sulfide) groups is 1. The Morgan fingerprint density at radius 1 is 1.12 bits per heavy atom. The first-order valence-corrected chi connectivity index (χ1v) is 8.81. The van der Waals surface area contributed by atoms with Crippen molar-refractivity contribution in [1.29, 1.82) is 0 Å². The topological polar surface area (TPSA) is 42.0 Å². The first-order valence-electron chi connectivity index (χ1n) is 7.18. The Kier molecular flexibility index (Phi) is 3.81. The Hall–Kier alpha value is -2.32. The van der Waals surface area contributed by atoms with Gasteiger partial charge in [0.05, 0.1) is 20.7 Å². The van der Waals surface area contributed by atoms with Crippen LogP contribution in [-0.2, 0) is 6.18 Å². The lowest BCUT2D eigenvalue weighted by atomic mass is 10.1. The number of aromatic nitrogens is 1. The molecule has 0 saturated heterocycles. The fourth-order valence-electron chi connectivity index (χ4n) is 2.43. The Labute approximate surface area is 148 Å². The molecule has 3 aromatic rings. The van der Waals surface area contributed by atoms with Gasteiger partial charge in [0.15, 0.2) is 5.13 Å². The Morgan fingerprint density at radius 2 is 1.92 bits per heavy atom. The number of anilines is 1. The molecule has 1 aromatic heterocycles. The van der Waals surface area contributed by atoms with E-state index >= 15 is 0 Å². The van der Waals surface area contributed by atoms with E-state index in [4.69, 9.17) is 0 Å². The van der Waals surface area contributed by atoms with Crippen molar-refractivity contribution >= 4 is 44.2 Å². The Bertz CT molecular complexity index is 1020. The largest absolute Gasteiger partial charge is 0.416 e. The van der Waals surface area contributed by atoms with Gasteiger partial charge >= 0.3 is 6.18 Å². The van der Waals surface area contributed by atoms with E-state index in [1.54, 1.807) is 18.3 Å². The molecule has 0 saturated carbocycles. The first-order chi connectivity index (χ1) is 11.9. The smallest absolute Gasteiger partial charge is 0.337 e. The third-order valence-electron chi connectivity index (χ3n) is 3.62. The van der Waals surface area contributed by atoms with Gasteiger partial charge in [0.2, 0.25) is 5.78 Å². The third-order valence-corrected chi connectivity index (χ3v) is 5.67. The fraction of sp³-hybridized carbons (Fsp3) is 0.0588. The molecular weight excluding hydrogens is 369 g/mol. The molecule has 2 heterocycles. The maximum absolute atomic E-state index is 12.8. The minimum Gasteiger partial charge on any atom is -0.337 e. The number of nitrogens with one attached hydrogen (secondary N) is 1. The van der Waals surface area contributed by atoms with Crippen molar-refractivity contribution in [2.75, 3.05) is 5.32 Å². The lowest BCUT2D eigenvalue weighted by Gasteiger charge is -2.04. The molecule has 0 atom stereocenters. The van der Waals surface area contributed by atoms with Crippen molar-refractivity contribution in [2.24, 2.45) is 0 Å². The van der Waals surface area contributed by atoms with Gasteiger partial charge < -0.3 is 5.32 Å². The van der Waals surface area contributed by atoms with E-state index in [1.165, 1.54) is 17.8 Å². The van der Waals surface area contributed by atoms with Crippen molar-refractivity contribution in [2.45, 2.75) is 11.1 Å². The van der Waals surface area contributed by atoms with Crippen molar-refractivity contribution in [3.05, 3.63) is 64.7 Å². The van der Waals surface area contributed by atoms with Crippen LogP contribution in [0, 0.1) is 0 Å². The molecule has 126 valence electrons. The molecule has 4 rings (SSSR count). The van der Waals surface area contributed by atoms with E-state index in [0.717, 1.165) is 28.4 Å². The molecule has 1 N–H and O–H groups in total. The van der Waals surface area contributed by atoms with E-state index in [-0.39, 0.29) is 5.78 Å². The summed E-state index contributed by atoms with van der Waals surface area (Å²) in [7, 11) is 0. The van der Waals surface area contributed by atoms with Crippen molar-refractivity contribution in [3.63, 3.8) is 0 Å². The van der Waals surface area contributed by atoms with E-state index in [9.17, 15) is 18.0 Å². The van der Waals surface area contributed by atoms with Gasteiger partial charge in [0, 0.05) is 16.7 Å². The molecule has 8 heteroatoms. The van der Waals surface area contributed by atoms with Crippen LogP contribution in [0.25, 0.3) is 10.2 Å². The minimum atomic E-state index is -4.38. The van der Waals surface area contributed by atoms with E-state index in [1.807, 2.05) is 12.1 Å². The zero-order valence-electron chi connectivity index (χ0n) is 12.4. The highest BCUT2D eigenvalue weighted by Gasteiger charge is 2.30. The van der Waals surface area contributed by atoms with Crippen LogP contribution >= 0.6 is 23.1 Å². The highest BCUT2D eigenvalue weighted by Crippen LogP contribution is 2.40. The number of halogens is 3. The molecule has 0 unspecified atom stereocenters. The number of rotatable bonds is 2. The number of thiazole rings is 1. The maximum Gasteiger partial charge on any atom is 0.416 e. The number of carbonyl (C=O) groups is 1. The molecular formula is C17H9F3N2OS2. The zero-order chi connectivity index (χ0) is 17.6. The number of benzene rings is 2. The van der Waals surface area contributed by atoms with E-state index in [0.29, 0.717) is 25.8 Å². The van der Waals surface area contributed by atoms with Crippen LogP contribution in [0.5, 0.6) is 0 Å². The average molecular weight is 378 g/mol. The lowest BCUT2D eigenvalue weighted by molar-refractivity contribution is -0.137. The van der Waals surface area contributed by atoms with Crippen LogP contribution in [0.15, 0.2) is 58.5 Å². The van der Waals surface area contributed by atoms with Gasteiger partial charge in [-0.05, 0) is 30.3 Å². The molecule has 0 spiro atoms. The molecule has 1 aliphatic heterocycles. The summed E-state index contributed by atoms with van der Waals surface area (Å²) >= 11 is 2.46. The summed E-state index contributed by atoms with van der Waals surface area (Å²) in [5.74, 6) is -0.0754. The van der Waals surface area contributed by atoms with Gasteiger partial charge in [0.1, 0.15) is 0 Å². The molecule has 0 fully saturated rings. The van der Waals surface area contributed by atoms with Crippen LogP contribution in [0.4, 0.5) is 18.3 Å². The maximum atomic E-state index is 12.8. The predicted molar refractivity (Wildman–Crippen MR) is 93.0 cm³/mol. The number of hydrogen-bond acceptors (Lipinski definition) is 5. The minimum absolute atomic E-state index is 0.0754. The summed E-state index contributed by atoms with van der Waals surface area (Å²) in [6.07, 6.45) is -2.83. The second kappa shape index (κ2) is 5.89. The van der Waals surface area contributed by atoms with Gasteiger partial charge in [-0.25, -0.2) is 4.98 Å². The lowest BCUT2D eigenvalue weighted by Crippen LogP contribution is -2.03. The van der Waals surface area contributed by atoms with Crippen LogP contribution in [0.3, 0.4) is 0 Å². The number of hydrogen-bond donors (Lipinski definition) is 1. The fourth-order valence-corrected chi connectivity index (χ4v) is 4.27. The number of ketones is 1. The molecule has 2 aromatic carbocycles. The normalized spacial score (nSPS) is 15.8. The molecule has 0 bridgehead atoms. The average Bonchev–Trinajstić information content (AvgIpc) is 3.12. The van der Waals surface area contributed by atoms with Crippen molar-refractivity contribution in [3.8, 4) is 0 Å². The third kappa shape index (κ3) is 3.03. The summed E-state index contributed by atoms with van der Waals surface area (Å²) in [5, 5.41) is 3.36. The second-order valence-corrected chi connectivity index (χ2v) is 7.39. The quantitative estimate of drug-likeness (QED) is 0.593.